The number of hydroxylamine groups is 2. The van der Waals surface area contributed by atoms with Gasteiger partial charge < -0.3 is 14.6 Å². The summed E-state index contributed by atoms with van der Waals surface area (Å²) in [6.07, 6.45) is 0.494. The SMILES string of the molecule is CC(Cc1ccc(C(=O)ON2C(=O)CCC2=O)cc1)Nc1ccc2cc(-c3sc(S(=O)(=O)O)cc3S(=O)(=O)O)c(=O)oc2c1. The van der Waals surface area contributed by atoms with Gasteiger partial charge in [0.1, 0.15) is 14.7 Å². The molecule has 2 aromatic heterocycles. The number of amides is 2. The maximum atomic E-state index is 12.8. The Morgan fingerprint density at radius 1 is 0.977 bits per heavy atom. The number of fused-ring (bicyclic) bond motifs is 1. The van der Waals surface area contributed by atoms with Gasteiger partial charge in [-0.1, -0.05) is 12.1 Å². The summed E-state index contributed by atoms with van der Waals surface area (Å²) < 4.78 is 70.3. The number of hydrogen-bond donors (Lipinski definition) is 3. The molecule has 1 unspecified atom stereocenters. The van der Waals surface area contributed by atoms with Crippen molar-refractivity contribution < 1.29 is 49.6 Å². The van der Waals surface area contributed by atoms with Crippen molar-refractivity contribution in [2.45, 2.75) is 41.3 Å². The second-order valence-electron chi connectivity index (χ2n) is 9.82. The Morgan fingerprint density at radius 3 is 2.25 bits per heavy atom. The van der Waals surface area contributed by atoms with Crippen LogP contribution in [0.3, 0.4) is 0 Å². The lowest BCUT2D eigenvalue weighted by Crippen LogP contribution is -2.32. The first kappa shape index (κ1) is 31.0. The highest BCUT2D eigenvalue weighted by Gasteiger charge is 2.33. The molecule has 1 saturated heterocycles. The second kappa shape index (κ2) is 11.6. The van der Waals surface area contributed by atoms with Crippen LogP contribution in [0.1, 0.15) is 35.7 Å². The number of nitrogens with one attached hydrogen (secondary N) is 1. The molecule has 3 N–H and O–H groups in total. The second-order valence-corrected chi connectivity index (χ2v) is 13.9. The molecule has 1 aliphatic rings. The molecule has 0 aliphatic carbocycles. The summed E-state index contributed by atoms with van der Waals surface area (Å²) >= 11 is 0.287. The van der Waals surface area contributed by atoms with E-state index in [1.807, 2.05) is 6.92 Å². The van der Waals surface area contributed by atoms with E-state index >= 15 is 0 Å². The van der Waals surface area contributed by atoms with Gasteiger partial charge in [-0.25, -0.2) is 9.59 Å². The zero-order chi connectivity index (χ0) is 32.0. The first-order valence-corrected chi connectivity index (χ1v) is 16.4. The molecule has 0 bridgehead atoms. The molecular formula is C27H22N2O12S3. The molecule has 0 radical (unpaired) electrons. The minimum absolute atomic E-state index is 0.00614. The summed E-state index contributed by atoms with van der Waals surface area (Å²) in [6, 6.07) is 12.9. The lowest BCUT2D eigenvalue weighted by molar-refractivity contribution is -0.172. The Labute approximate surface area is 253 Å². The number of thiophene rings is 1. The van der Waals surface area contributed by atoms with Gasteiger partial charge in [-0.15, -0.1) is 16.4 Å². The highest BCUT2D eigenvalue weighted by atomic mass is 32.3. The fourth-order valence-electron chi connectivity index (χ4n) is 4.48. The highest BCUT2D eigenvalue weighted by Crippen LogP contribution is 2.37. The molecule has 3 heterocycles. The van der Waals surface area contributed by atoms with E-state index in [1.54, 1.807) is 30.3 Å². The van der Waals surface area contributed by atoms with Crippen molar-refractivity contribution in [3.05, 3.63) is 76.1 Å². The molecule has 17 heteroatoms. The molecule has 4 aromatic rings. The smallest absolute Gasteiger partial charge is 0.363 e. The molecule has 1 atom stereocenters. The minimum atomic E-state index is -4.96. The van der Waals surface area contributed by atoms with Crippen molar-refractivity contribution in [2.24, 2.45) is 0 Å². The number of rotatable bonds is 9. The summed E-state index contributed by atoms with van der Waals surface area (Å²) in [5, 5.41) is 4.09. The van der Waals surface area contributed by atoms with Crippen LogP contribution in [0.4, 0.5) is 5.69 Å². The first-order chi connectivity index (χ1) is 20.6. The van der Waals surface area contributed by atoms with E-state index in [-0.39, 0.29) is 46.9 Å². The molecule has 14 nitrogen and oxygen atoms in total. The molecule has 5 rings (SSSR count). The normalized spacial score (nSPS) is 14.7. The lowest BCUT2D eigenvalue weighted by Gasteiger charge is -2.16. The van der Waals surface area contributed by atoms with E-state index in [1.165, 1.54) is 18.2 Å². The molecule has 230 valence electrons. The predicted molar refractivity (Wildman–Crippen MR) is 155 cm³/mol. The molecular weight excluding hydrogens is 641 g/mol. The van der Waals surface area contributed by atoms with Gasteiger partial charge >= 0.3 is 21.7 Å². The van der Waals surface area contributed by atoms with Crippen molar-refractivity contribution in [2.75, 3.05) is 5.32 Å². The Kier molecular flexibility index (Phi) is 8.17. The van der Waals surface area contributed by atoms with Crippen molar-refractivity contribution >= 4 is 66.0 Å². The van der Waals surface area contributed by atoms with Gasteiger partial charge in [0.05, 0.1) is 16.0 Å². The molecule has 1 aliphatic heterocycles. The Morgan fingerprint density at radius 2 is 1.64 bits per heavy atom. The average molecular weight is 663 g/mol. The van der Waals surface area contributed by atoms with Gasteiger partial charge in [-0.3, -0.25) is 18.7 Å². The van der Waals surface area contributed by atoms with E-state index in [2.05, 4.69) is 5.32 Å². The molecule has 1 fully saturated rings. The minimum Gasteiger partial charge on any atom is -0.422 e. The Hall–Kier alpha value is -4.42. The number of imide groups is 1. The van der Waals surface area contributed by atoms with Crippen LogP contribution in [0.25, 0.3) is 21.4 Å². The number of nitrogens with zero attached hydrogens (tertiary/aromatic N) is 1. The zero-order valence-corrected chi connectivity index (χ0v) is 25.0. The summed E-state index contributed by atoms with van der Waals surface area (Å²) in [5.74, 6) is -1.98. The van der Waals surface area contributed by atoms with Gasteiger partial charge in [0.2, 0.25) is 0 Å². The standard InChI is InChI=1S/C27H22N2O12S3/c1-14(10-15-2-4-16(5-3-15)26(32)41-29-22(30)8-9-23(29)31)28-18-7-6-17-11-19(27(33)40-20(17)12-18)25-21(43(34,35)36)13-24(42-25)44(37,38)39/h2-7,11-14,28H,8-10H2,1H3,(H,34,35,36)(H,37,38,39). The molecule has 0 spiro atoms. The summed E-state index contributed by atoms with van der Waals surface area (Å²) in [6.45, 7) is 1.89. The van der Waals surface area contributed by atoms with E-state index in [0.29, 0.717) is 28.6 Å². The maximum absolute atomic E-state index is 12.8. The Bertz CT molecular complexity index is 2080. The van der Waals surface area contributed by atoms with E-state index in [0.717, 1.165) is 5.56 Å². The van der Waals surface area contributed by atoms with Crippen molar-refractivity contribution in [1.82, 2.24) is 5.06 Å². The van der Waals surface area contributed by atoms with Crippen LogP contribution in [-0.4, -0.2) is 54.8 Å². The zero-order valence-electron chi connectivity index (χ0n) is 22.5. The van der Waals surface area contributed by atoms with Gasteiger partial charge in [0.25, 0.3) is 21.9 Å². The lowest BCUT2D eigenvalue weighted by atomic mass is 10.0. The van der Waals surface area contributed by atoms with Crippen LogP contribution in [0.2, 0.25) is 0 Å². The number of anilines is 1. The molecule has 0 saturated carbocycles. The van der Waals surface area contributed by atoms with Crippen LogP contribution in [0, 0.1) is 0 Å². The summed E-state index contributed by atoms with van der Waals surface area (Å²) in [5.41, 5.74) is 0.379. The monoisotopic (exact) mass is 662 g/mol. The number of carbonyl (C=O) groups is 3. The molecule has 2 aromatic carbocycles. The van der Waals surface area contributed by atoms with Crippen LogP contribution in [0.15, 0.2) is 72.9 Å². The number of hydrogen-bond acceptors (Lipinski definition) is 12. The summed E-state index contributed by atoms with van der Waals surface area (Å²) in [4.78, 5) is 52.1. The van der Waals surface area contributed by atoms with Gasteiger partial charge in [-0.05, 0) is 55.3 Å². The van der Waals surface area contributed by atoms with Crippen LogP contribution < -0.4 is 10.9 Å². The van der Waals surface area contributed by atoms with Crippen LogP contribution >= 0.6 is 11.3 Å². The third-order valence-corrected chi connectivity index (χ3v) is 9.99. The quantitative estimate of drug-likeness (QED) is 0.133. The van der Waals surface area contributed by atoms with Gasteiger partial charge in [-0.2, -0.15) is 16.8 Å². The van der Waals surface area contributed by atoms with Crippen molar-refractivity contribution in [3.63, 3.8) is 0 Å². The fraction of sp³-hybridized carbons (Fsp3) is 0.185. The Balaban J connectivity index is 1.30. The number of carbonyl (C=O) groups excluding carboxylic acids is 3. The summed E-state index contributed by atoms with van der Waals surface area (Å²) in [7, 11) is -9.78. The van der Waals surface area contributed by atoms with Crippen LogP contribution in [-0.2, 0) is 41.1 Å². The predicted octanol–water partition coefficient (Wildman–Crippen LogP) is 3.28. The fourth-order valence-corrected chi connectivity index (χ4v) is 7.41. The molecule has 2 amide bonds. The average Bonchev–Trinajstić information content (AvgIpc) is 3.53. The van der Waals surface area contributed by atoms with E-state index in [9.17, 15) is 45.1 Å². The van der Waals surface area contributed by atoms with Gasteiger partial charge in [0.15, 0.2) is 0 Å². The number of benzene rings is 2. The third kappa shape index (κ3) is 6.56. The molecule has 44 heavy (non-hydrogen) atoms. The van der Waals surface area contributed by atoms with Crippen molar-refractivity contribution in [3.8, 4) is 10.4 Å². The van der Waals surface area contributed by atoms with Crippen LogP contribution in [0.5, 0.6) is 0 Å². The van der Waals surface area contributed by atoms with Gasteiger partial charge in [0, 0.05) is 36.0 Å². The van der Waals surface area contributed by atoms with E-state index in [4.69, 9.17) is 9.25 Å². The largest absolute Gasteiger partial charge is 0.422 e. The van der Waals surface area contributed by atoms with Crippen molar-refractivity contribution in [1.29, 1.82) is 0 Å². The third-order valence-electron chi connectivity index (χ3n) is 6.51. The first-order valence-electron chi connectivity index (χ1n) is 12.7. The van der Waals surface area contributed by atoms with E-state index < -0.39 is 57.6 Å². The highest BCUT2D eigenvalue weighted by molar-refractivity contribution is 7.89. The topological polar surface area (TPSA) is 215 Å². The maximum Gasteiger partial charge on any atom is 0.363 e.